The average molecular weight is 392 g/mol. The van der Waals surface area contributed by atoms with Crippen molar-refractivity contribution in [2.24, 2.45) is 5.92 Å². The van der Waals surface area contributed by atoms with E-state index >= 15 is 0 Å². The normalized spacial score (nSPS) is 28.2. The first-order valence-corrected chi connectivity index (χ1v) is 10.1. The molecule has 2 aliphatic carbocycles. The van der Waals surface area contributed by atoms with Crippen LogP contribution in [0.5, 0.6) is 0 Å². The largest absolute Gasteiger partial charge is 0.432 e. The van der Waals surface area contributed by atoms with Crippen molar-refractivity contribution in [3.05, 3.63) is 54.5 Å². The molecule has 1 saturated carbocycles. The molecular formula is C21H21FN6O. The van der Waals surface area contributed by atoms with Gasteiger partial charge in [-0.1, -0.05) is 6.08 Å². The Kier molecular flexibility index (Phi) is 3.64. The molecule has 0 spiro atoms. The minimum absolute atomic E-state index is 0.124. The van der Waals surface area contributed by atoms with E-state index in [-0.39, 0.29) is 17.2 Å². The fourth-order valence-electron chi connectivity index (χ4n) is 4.60. The SMILES string of the molecule is FC1=CC2CC2(c2nc3occn3c2-c2ccnc(N[C@@H]3CCCNC3)n2)C=C1. The molecule has 3 aliphatic rings. The second kappa shape index (κ2) is 6.25. The molecule has 6 rings (SSSR count). The van der Waals surface area contributed by atoms with Gasteiger partial charge in [0.2, 0.25) is 5.95 Å². The van der Waals surface area contributed by atoms with Crippen LogP contribution in [0.25, 0.3) is 17.2 Å². The monoisotopic (exact) mass is 392 g/mol. The molecule has 3 atom stereocenters. The maximum absolute atomic E-state index is 13.7. The number of aromatic nitrogens is 4. The van der Waals surface area contributed by atoms with Gasteiger partial charge >= 0.3 is 5.84 Å². The number of hydrogen-bond donors (Lipinski definition) is 2. The first-order chi connectivity index (χ1) is 14.2. The number of piperidine rings is 1. The fraction of sp³-hybridized carbons (Fsp3) is 0.381. The van der Waals surface area contributed by atoms with Crippen LogP contribution in [0.1, 0.15) is 25.0 Å². The van der Waals surface area contributed by atoms with Crippen molar-refractivity contribution in [2.75, 3.05) is 18.4 Å². The van der Waals surface area contributed by atoms with E-state index in [2.05, 4.69) is 15.6 Å². The Hall–Kier alpha value is -3.00. The van der Waals surface area contributed by atoms with Crippen molar-refractivity contribution in [1.82, 2.24) is 24.7 Å². The van der Waals surface area contributed by atoms with Crippen molar-refractivity contribution >= 4 is 11.8 Å². The minimum Gasteiger partial charge on any atom is -0.432 e. The molecule has 0 radical (unpaired) electrons. The molecule has 3 aromatic rings. The van der Waals surface area contributed by atoms with Gasteiger partial charge in [-0.05, 0) is 49.9 Å². The number of fused-ring (bicyclic) bond motifs is 2. The highest BCUT2D eigenvalue weighted by Crippen LogP contribution is 2.60. The lowest BCUT2D eigenvalue weighted by molar-refractivity contribution is 0.478. The van der Waals surface area contributed by atoms with Crippen LogP contribution in [0.2, 0.25) is 0 Å². The Bertz CT molecular complexity index is 1140. The molecule has 4 heterocycles. The summed E-state index contributed by atoms with van der Waals surface area (Å²) >= 11 is 0. The summed E-state index contributed by atoms with van der Waals surface area (Å²) in [6.45, 7) is 1.97. The average Bonchev–Trinajstić information content (AvgIpc) is 3.08. The third kappa shape index (κ3) is 2.70. The zero-order chi connectivity index (χ0) is 19.4. The third-order valence-corrected chi connectivity index (χ3v) is 6.19. The van der Waals surface area contributed by atoms with Crippen molar-refractivity contribution in [3.63, 3.8) is 0 Å². The first kappa shape index (κ1) is 16.9. The summed E-state index contributed by atoms with van der Waals surface area (Å²) in [5.41, 5.74) is 2.25. The van der Waals surface area contributed by atoms with Crippen LogP contribution in [0.3, 0.4) is 0 Å². The topological polar surface area (TPSA) is 80.3 Å². The Morgan fingerprint density at radius 3 is 3.17 bits per heavy atom. The highest BCUT2D eigenvalue weighted by Gasteiger charge is 2.57. The molecule has 2 fully saturated rings. The summed E-state index contributed by atoms with van der Waals surface area (Å²) in [5, 5.41) is 6.83. The van der Waals surface area contributed by atoms with Crippen LogP contribution in [-0.2, 0) is 5.41 Å². The van der Waals surface area contributed by atoms with Gasteiger partial charge in [-0.3, -0.25) is 4.40 Å². The van der Waals surface area contributed by atoms with Gasteiger partial charge in [-0.25, -0.2) is 14.4 Å². The Morgan fingerprint density at radius 2 is 2.31 bits per heavy atom. The van der Waals surface area contributed by atoms with E-state index in [0.29, 0.717) is 17.8 Å². The number of imidazole rings is 1. The lowest BCUT2D eigenvalue weighted by Crippen LogP contribution is -2.38. The number of hydrogen-bond acceptors (Lipinski definition) is 6. The maximum atomic E-state index is 13.7. The molecule has 1 saturated heterocycles. The summed E-state index contributed by atoms with van der Waals surface area (Å²) in [5.74, 6) is 1.07. The second-order valence-electron chi connectivity index (χ2n) is 8.05. The predicted molar refractivity (Wildman–Crippen MR) is 106 cm³/mol. The summed E-state index contributed by atoms with van der Waals surface area (Å²) in [6, 6.07) is 2.21. The highest BCUT2D eigenvalue weighted by molar-refractivity contribution is 5.68. The maximum Gasteiger partial charge on any atom is 0.306 e. The molecule has 2 unspecified atom stereocenters. The number of nitrogens with one attached hydrogen (secondary N) is 2. The zero-order valence-electron chi connectivity index (χ0n) is 15.8. The number of nitrogens with zero attached hydrogens (tertiary/aromatic N) is 4. The van der Waals surface area contributed by atoms with Crippen molar-refractivity contribution in [2.45, 2.75) is 30.7 Å². The molecule has 7 nitrogen and oxygen atoms in total. The molecule has 29 heavy (non-hydrogen) atoms. The van der Waals surface area contributed by atoms with E-state index in [1.807, 2.05) is 22.7 Å². The van der Waals surface area contributed by atoms with Crippen molar-refractivity contribution in [1.29, 1.82) is 0 Å². The minimum atomic E-state index is -0.286. The molecular weight excluding hydrogens is 371 g/mol. The van der Waals surface area contributed by atoms with Gasteiger partial charge in [0.25, 0.3) is 0 Å². The van der Waals surface area contributed by atoms with Gasteiger partial charge in [0.05, 0.1) is 17.1 Å². The van der Waals surface area contributed by atoms with Crippen LogP contribution in [-0.4, -0.2) is 38.5 Å². The van der Waals surface area contributed by atoms with E-state index in [1.54, 1.807) is 18.5 Å². The summed E-state index contributed by atoms with van der Waals surface area (Å²) in [6.07, 6.45) is 13.5. The number of halogens is 1. The van der Waals surface area contributed by atoms with Gasteiger partial charge in [-0.2, -0.15) is 4.98 Å². The quantitative estimate of drug-likeness (QED) is 0.710. The molecule has 148 valence electrons. The summed E-state index contributed by atoms with van der Waals surface area (Å²) in [7, 11) is 0. The van der Waals surface area contributed by atoms with Crippen LogP contribution in [0.15, 0.2) is 53.2 Å². The van der Waals surface area contributed by atoms with Gasteiger partial charge in [-0.15, -0.1) is 0 Å². The number of anilines is 1. The molecule has 2 N–H and O–H groups in total. The lowest BCUT2D eigenvalue weighted by Gasteiger charge is -2.23. The highest BCUT2D eigenvalue weighted by atomic mass is 19.1. The van der Waals surface area contributed by atoms with Gasteiger partial charge in [0.15, 0.2) is 0 Å². The molecule has 0 aromatic carbocycles. The summed E-state index contributed by atoms with van der Waals surface area (Å²) < 4.78 is 21.2. The molecule has 0 amide bonds. The third-order valence-electron chi connectivity index (χ3n) is 6.19. The van der Waals surface area contributed by atoms with Crippen LogP contribution < -0.4 is 10.6 Å². The van der Waals surface area contributed by atoms with Crippen LogP contribution in [0.4, 0.5) is 10.3 Å². The standard InChI is InChI=1S/C21H21FN6O/c22-14-3-5-21(11-13(21)10-14)18-17(28-8-9-29-20(28)27-18)16-4-7-24-19(26-16)25-15-2-1-6-23-12-15/h3-5,7-10,13,15,23H,1-2,6,11-12H2,(H,24,25,26)/t13?,15-,21?/m1/s1. The second-order valence-corrected chi connectivity index (χ2v) is 8.05. The zero-order valence-corrected chi connectivity index (χ0v) is 15.8. The van der Waals surface area contributed by atoms with E-state index in [0.717, 1.165) is 49.4 Å². The number of oxazole rings is 1. The predicted octanol–water partition coefficient (Wildman–Crippen LogP) is 3.23. The van der Waals surface area contributed by atoms with Crippen molar-refractivity contribution < 1.29 is 8.81 Å². The van der Waals surface area contributed by atoms with E-state index in [1.165, 1.54) is 6.08 Å². The van der Waals surface area contributed by atoms with E-state index < -0.39 is 0 Å². The van der Waals surface area contributed by atoms with Gasteiger partial charge < -0.3 is 15.1 Å². The lowest BCUT2D eigenvalue weighted by atomic mass is 9.93. The van der Waals surface area contributed by atoms with Crippen LogP contribution >= 0.6 is 0 Å². The fourth-order valence-corrected chi connectivity index (χ4v) is 4.60. The van der Waals surface area contributed by atoms with Crippen molar-refractivity contribution in [3.8, 4) is 11.4 Å². The molecule has 8 heteroatoms. The van der Waals surface area contributed by atoms with Gasteiger partial charge in [0.1, 0.15) is 12.1 Å². The molecule has 0 bridgehead atoms. The number of allylic oxidation sites excluding steroid dienone is 4. The smallest absolute Gasteiger partial charge is 0.306 e. The van der Waals surface area contributed by atoms with Gasteiger partial charge in [0, 0.05) is 30.4 Å². The summed E-state index contributed by atoms with van der Waals surface area (Å²) in [4.78, 5) is 14.0. The Labute approximate surface area is 166 Å². The first-order valence-electron chi connectivity index (χ1n) is 10.1. The Morgan fingerprint density at radius 1 is 1.34 bits per heavy atom. The number of rotatable bonds is 4. The molecule has 3 aromatic heterocycles. The van der Waals surface area contributed by atoms with Crippen LogP contribution in [0, 0.1) is 5.92 Å². The van der Waals surface area contributed by atoms with E-state index in [9.17, 15) is 4.39 Å². The Balaban J connectivity index is 1.41. The van der Waals surface area contributed by atoms with E-state index in [4.69, 9.17) is 14.4 Å². The molecule has 1 aliphatic heterocycles.